The van der Waals surface area contributed by atoms with Gasteiger partial charge >= 0.3 is 5.16 Å². The molecule has 0 aliphatic carbocycles. The first-order chi connectivity index (χ1) is 15.7. The summed E-state index contributed by atoms with van der Waals surface area (Å²) in [5.41, 5.74) is 6.22. The number of imidazole rings is 1. The number of aromatic amines is 1. The van der Waals surface area contributed by atoms with Crippen LogP contribution in [-0.4, -0.2) is 35.1 Å². The van der Waals surface area contributed by atoms with Gasteiger partial charge in [0, 0.05) is 5.56 Å². The van der Waals surface area contributed by atoms with Crippen LogP contribution in [0.1, 0.15) is 11.1 Å². The van der Waals surface area contributed by atoms with E-state index in [1.807, 2.05) is 36.4 Å². The number of methoxy groups -OCH3 is 1. The summed E-state index contributed by atoms with van der Waals surface area (Å²) in [6.45, 7) is 0.697. The molecule has 3 aromatic carbocycles. The predicted octanol–water partition coefficient (Wildman–Crippen LogP) is 3.46. The maximum atomic E-state index is 12.3. The second kappa shape index (κ2) is 10.0. The highest BCUT2D eigenvalue weighted by molar-refractivity contribution is 7.99. The van der Waals surface area contributed by atoms with Gasteiger partial charge in [-0.1, -0.05) is 48.5 Å². The van der Waals surface area contributed by atoms with Crippen molar-refractivity contribution in [1.82, 2.24) is 10.4 Å². The molecule has 0 atom stereocenters. The molecule has 0 radical (unpaired) electrons. The lowest BCUT2D eigenvalue weighted by Gasteiger charge is -2.05. The number of hydrogen-bond acceptors (Lipinski definition) is 5. The van der Waals surface area contributed by atoms with Crippen LogP contribution in [0.3, 0.4) is 0 Å². The number of aromatic nitrogens is 2. The lowest BCUT2D eigenvalue weighted by molar-refractivity contribution is -0.700. The molecule has 4 aromatic rings. The summed E-state index contributed by atoms with van der Waals surface area (Å²) in [6.07, 6.45) is 1.39. The SMILES string of the molecule is COc1cccc(C=NNC(=O)CSc2[nH]c3ccccc3[n+]2Cc2ccccc2)c1O. The molecule has 0 saturated carbocycles. The van der Waals surface area contributed by atoms with Gasteiger partial charge in [-0.2, -0.15) is 5.10 Å². The minimum Gasteiger partial charge on any atom is -0.504 e. The minimum absolute atomic E-state index is 0.0256. The molecule has 7 nitrogen and oxygen atoms in total. The van der Waals surface area contributed by atoms with E-state index in [1.54, 1.807) is 18.2 Å². The summed E-state index contributed by atoms with van der Waals surface area (Å²) in [5, 5.41) is 14.9. The van der Waals surface area contributed by atoms with Crippen LogP contribution in [0.2, 0.25) is 0 Å². The smallest absolute Gasteiger partial charge is 0.317 e. The van der Waals surface area contributed by atoms with Crippen LogP contribution < -0.4 is 14.7 Å². The number of thioether (sulfide) groups is 1. The Balaban J connectivity index is 1.44. The number of aromatic hydroxyl groups is 1. The van der Waals surface area contributed by atoms with Gasteiger partial charge in [0.1, 0.15) is 6.54 Å². The second-order valence-corrected chi connectivity index (χ2v) is 7.96. The normalized spacial score (nSPS) is 11.2. The van der Waals surface area contributed by atoms with Gasteiger partial charge in [-0.25, -0.2) is 15.0 Å². The van der Waals surface area contributed by atoms with Gasteiger partial charge in [0.25, 0.3) is 5.91 Å². The number of hydrazone groups is 1. The zero-order valence-electron chi connectivity index (χ0n) is 17.5. The molecule has 0 aliphatic heterocycles. The number of phenolic OH excluding ortho intramolecular Hbond substituents is 1. The van der Waals surface area contributed by atoms with Gasteiger partial charge in [0.2, 0.25) is 0 Å². The van der Waals surface area contributed by atoms with Crippen LogP contribution in [0.4, 0.5) is 0 Å². The first-order valence-corrected chi connectivity index (χ1v) is 11.0. The Bertz CT molecular complexity index is 1250. The van der Waals surface area contributed by atoms with Gasteiger partial charge in [0.15, 0.2) is 22.5 Å². The van der Waals surface area contributed by atoms with Crippen molar-refractivity contribution >= 4 is 34.9 Å². The largest absolute Gasteiger partial charge is 0.504 e. The monoisotopic (exact) mass is 447 g/mol. The van der Waals surface area contributed by atoms with Crippen molar-refractivity contribution in [3.8, 4) is 11.5 Å². The maximum absolute atomic E-state index is 12.3. The summed E-state index contributed by atoms with van der Waals surface area (Å²) in [7, 11) is 1.48. The van der Waals surface area contributed by atoms with E-state index in [-0.39, 0.29) is 17.4 Å². The van der Waals surface area contributed by atoms with E-state index in [1.165, 1.54) is 30.6 Å². The Kier molecular flexibility index (Phi) is 6.72. The Morgan fingerprint density at radius 3 is 2.72 bits per heavy atom. The summed E-state index contributed by atoms with van der Waals surface area (Å²) < 4.78 is 7.24. The van der Waals surface area contributed by atoms with Crippen LogP contribution in [-0.2, 0) is 11.3 Å². The Morgan fingerprint density at radius 1 is 1.12 bits per heavy atom. The van der Waals surface area contributed by atoms with E-state index in [4.69, 9.17) is 4.74 Å². The molecule has 8 heteroatoms. The van der Waals surface area contributed by atoms with Gasteiger partial charge in [-0.15, -0.1) is 0 Å². The lowest BCUT2D eigenvalue weighted by atomic mass is 10.2. The van der Waals surface area contributed by atoms with Crippen molar-refractivity contribution < 1.29 is 19.2 Å². The molecule has 162 valence electrons. The van der Waals surface area contributed by atoms with Crippen molar-refractivity contribution in [2.45, 2.75) is 11.7 Å². The van der Waals surface area contributed by atoms with E-state index in [0.29, 0.717) is 17.9 Å². The third-order valence-electron chi connectivity index (χ3n) is 4.85. The number of ether oxygens (including phenoxy) is 1. The fourth-order valence-corrected chi connectivity index (χ4v) is 4.13. The second-order valence-electron chi connectivity index (χ2n) is 7.00. The third kappa shape index (κ3) is 4.92. The fraction of sp³-hybridized carbons (Fsp3) is 0.125. The number of amides is 1. The van der Waals surface area contributed by atoms with E-state index in [0.717, 1.165) is 16.2 Å². The van der Waals surface area contributed by atoms with Crippen LogP contribution in [0.5, 0.6) is 11.5 Å². The number of para-hydroxylation sites is 3. The molecule has 0 fully saturated rings. The van der Waals surface area contributed by atoms with Crippen molar-refractivity contribution in [2.75, 3.05) is 12.9 Å². The molecular formula is C24H23N4O3S+. The van der Waals surface area contributed by atoms with Crippen molar-refractivity contribution in [3.63, 3.8) is 0 Å². The number of fused-ring (bicyclic) bond motifs is 1. The number of carbonyl (C=O) groups is 1. The highest BCUT2D eigenvalue weighted by Crippen LogP contribution is 2.27. The van der Waals surface area contributed by atoms with Gasteiger partial charge in [-0.05, 0) is 41.6 Å². The van der Waals surface area contributed by atoms with E-state index in [9.17, 15) is 9.90 Å². The molecule has 0 unspecified atom stereocenters. The average molecular weight is 448 g/mol. The summed E-state index contributed by atoms with van der Waals surface area (Å²) in [5.74, 6) is 0.252. The number of hydrogen-bond donors (Lipinski definition) is 3. The Labute approximate surface area is 189 Å². The molecule has 0 saturated heterocycles. The molecule has 1 amide bonds. The first kappa shape index (κ1) is 21.5. The number of phenols is 1. The quantitative estimate of drug-likeness (QED) is 0.167. The number of benzene rings is 3. The molecule has 1 heterocycles. The van der Waals surface area contributed by atoms with Crippen LogP contribution in [0.15, 0.2) is 83.1 Å². The van der Waals surface area contributed by atoms with Crippen LogP contribution in [0, 0.1) is 0 Å². The lowest BCUT2D eigenvalue weighted by Crippen LogP contribution is -2.36. The number of nitrogens with zero attached hydrogens (tertiary/aromatic N) is 2. The van der Waals surface area contributed by atoms with E-state index in [2.05, 4.69) is 38.3 Å². The Hall–Kier alpha value is -3.78. The zero-order chi connectivity index (χ0) is 22.3. The number of nitrogens with one attached hydrogen (secondary N) is 2. The molecule has 0 aliphatic rings. The number of carbonyl (C=O) groups excluding carboxylic acids is 1. The molecular weight excluding hydrogens is 424 g/mol. The summed E-state index contributed by atoms with van der Waals surface area (Å²) >= 11 is 1.41. The highest BCUT2D eigenvalue weighted by Gasteiger charge is 2.20. The average Bonchev–Trinajstić information content (AvgIpc) is 3.17. The molecule has 0 spiro atoms. The van der Waals surface area contributed by atoms with Crippen molar-refractivity contribution in [2.24, 2.45) is 5.10 Å². The van der Waals surface area contributed by atoms with E-state index < -0.39 is 0 Å². The molecule has 32 heavy (non-hydrogen) atoms. The standard InChI is InChI=1S/C24H22N4O3S/c1-31-21-13-7-10-18(23(21)30)14-25-27-22(29)16-32-24-26-19-11-5-6-12-20(19)28(24)15-17-8-3-2-4-9-17/h2-14H,15-16H2,1H3,(H2,25,27,29,30)/p+1. The first-order valence-electron chi connectivity index (χ1n) is 10.0. The topological polar surface area (TPSA) is 90.6 Å². The Morgan fingerprint density at radius 2 is 1.91 bits per heavy atom. The summed E-state index contributed by atoms with van der Waals surface area (Å²) in [6, 6.07) is 23.3. The number of H-pyrrole nitrogens is 1. The maximum Gasteiger partial charge on any atom is 0.317 e. The summed E-state index contributed by atoms with van der Waals surface area (Å²) in [4.78, 5) is 15.7. The van der Waals surface area contributed by atoms with Gasteiger partial charge < -0.3 is 9.84 Å². The van der Waals surface area contributed by atoms with Crippen molar-refractivity contribution in [3.05, 3.63) is 83.9 Å². The van der Waals surface area contributed by atoms with Gasteiger partial charge in [0.05, 0.1) is 19.1 Å². The molecule has 4 rings (SSSR count). The van der Waals surface area contributed by atoms with E-state index >= 15 is 0 Å². The fourth-order valence-electron chi connectivity index (χ4n) is 3.29. The number of rotatable bonds is 8. The predicted molar refractivity (Wildman–Crippen MR) is 125 cm³/mol. The zero-order valence-corrected chi connectivity index (χ0v) is 18.3. The van der Waals surface area contributed by atoms with Gasteiger partial charge in [-0.3, -0.25) is 4.79 Å². The van der Waals surface area contributed by atoms with Crippen LogP contribution >= 0.6 is 11.8 Å². The minimum atomic E-state index is -0.251. The molecule has 3 N–H and O–H groups in total. The van der Waals surface area contributed by atoms with Crippen LogP contribution in [0.25, 0.3) is 11.0 Å². The molecule has 1 aromatic heterocycles. The third-order valence-corrected chi connectivity index (χ3v) is 5.85. The van der Waals surface area contributed by atoms with Crippen molar-refractivity contribution in [1.29, 1.82) is 0 Å². The highest BCUT2D eigenvalue weighted by atomic mass is 32.2. The molecule has 0 bridgehead atoms.